The minimum Gasteiger partial charge on any atom is -0.436 e. The third-order valence-corrected chi connectivity index (χ3v) is 3.90. The molecule has 0 saturated heterocycles. The number of benzene rings is 3. The van der Waals surface area contributed by atoms with E-state index in [4.69, 9.17) is 4.42 Å². The van der Waals surface area contributed by atoms with Crippen LogP contribution in [0.5, 0.6) is 0 Å². The van der Waals surface area contributed by atoms with Gasteiger partial charge in [-0.05, 0) is 29.8 Å². The Morgan fingerprint density at radius 2 is 1.64 bits per heavy atom. The highest BCUT2D eigenvalue weighted by Crippen LogP contribution is 2.26. The number of anilines is 1. The third kappa shape index (κ3) is 3.43. The van der Waals surface area contributed by atoms with Gasteiger partial charge >= 0.3 is 0 Å². The highest BCUT2D eigenvalue weighted by molar-refractivity contribution is 5.94. The molecule has 3 aromatic carbocycles. The van der Waals surface area contributed by atoms with E-state index in [1.54, 1.807) is 6.07 Å². The second kappa shape index (κ2) is 6.61. The lowest BCUT2D eigenvalue weighted by molar-refractivity contribution is -0.115. The van der Waals surface area contributed by atoms with Gasteiger partial charge in [0.15, 0.2) is 5.58 Å². The number of hydrogen-bond donors (Lipinski definition) is 1. The van der Waals surface area contributed by atoms with Crippen molar-refractivity contribution in [2.75, 3.05) is 5.32 Å². The summed E-state index contributed by atoms with van der Waals surface area (Å²) >= 11 is 0. The van der Waals surface area contributed by atoms with Gasteiger partial charge in [0.05, 0.1) is 6.42 Å². The lowest BCUT2D eigenvalue weighted by Gasteiger charge is -2.04. The topological polar surface area (TPSA) is 55.1 Å². The zero-order valence-corrected chi connectivity index (χ0v) is 13.5. The molecule has 0 aliphatic rings. The second-order valence-electron chi connectivity index (χ2n) is 5.78. The highest BCUT2D eigenvalue weighted by atomic mass is 16.3. The van der Waals surface area contributed by atoms with Gasteiger partial charge < -0.3 is 9.73 Å². The van der Waals surface area contributed by atoms with E-state index in [1.165, 1.54) is 0 Å². The molecule has 0 unspecified atom stereocenters. The number of nitrogens with zero attached hydrogens (tertiary/aromatic N) is 1. The summed E-state index contributed by atoms with van der Waals surface area (Å²) in [6.07, 6.45) is 0.338. The van der Waals surface area contributed by atoms with Crippen molar-refractivity contribution in [3.63, 3.8) is 0 Å². The molecule has 0 radical (unpaired) electrons. The maximum atomic E-state index is 12.2. The summed E-state index contributed by atoms with van der Waals surface area (Å²) in [6.45, 7) is 0. The molecule has 1 heterocycles. The van der Waals surface area contributed by atoms with Crippen molar-refractivity contribution < 1.29 is 9.21 Å². The van der Waals surface area contributed by atoms with Crippen LogP contribution in [0.1, 0.15) is 5.56 Å². The first kappa shape index (κ1) is 15.1. The molecule has 0 bridgehead atoms. The normalized spacial score (nSPS) is 10.7. The van der Waals surface area contributed by atoms with Gasteiger partial charge in [0.25, 0.3) is 0 Å². The van der Waals surface area contributed by atoms with Crippen LogP contribution in [-0.2, 0) is 11.2 Å². The first-order valence-corrected chi connectivity index (χ1v) is 8.08. The number of rotatable bonds is 4. The van der Waals surface area contributed by atoms with E-state index in [-0.39, 0.29) is 5.91 Å². The van der Waals surface area contributed by atoms with Crippen LogP contribution < -0.4 is 5.32 Å². The Balaban J connectivity index is 1.54. The van der Waals surface area contributed by atoms with Crippen LogP contribution in [0.4, 0.5) is 5.69 Å². The number of amides is 1. The zero-order valence-electron chi connectivity index (χ0n) is 13.5. The van der Waals surface area contributed by atoms with E-state index < -0.39 is 0 Å². The van der Waals surface area contributed by atoms with Crippen LogP contribution in [0.15, 0.2) is 83.3 Å². The van der Waals surface area contributed by atoms with Gasteiger partial charge in [-0.3, -0.25) is 4.79 Å². The largest absolute Gasteiger partial charge is 0.436 e. The average molecular weight is 328 g/mol. The van der Waals surface area contributed by atoms with E-state index in [1.807, 2.05) is 72.8 Å². The predicted octanol–water partition coefficient (Wildman–Crippen LogP) is 4.68. The van der Waals surface area contributed by atoms with E-state index in [9.17, 15) is 4.79 Å². The molecule has 0 atom stereocenters. The Hall–Kier alpha value is -3.40. The molecule has 1 aromatic heterocycles. The Labute approximate surface area is 145 Å². The smallest absolute Gasteiger partial charge is 0.228 e. The van der Waals surface area contributed by atoms with Crippen molar-refractivity contribution in [3.05, 3.63) is 84.4 Å². The van der Waals surface area contributed by atoms with Crippen LogP contribution in [-0.4, -0.2) is 10.9 Å². The monoisotopic (exact) mass is 328 g/mol. The molecule has 0 saturated carbocycles. The van der Waals surface area contributed by atoms with Crippen LogP contribution in [0.2, 0.25) is 0 Å². The van der Waals surface area contributed by atoms with Crippen molar-refractivity contribution in [1.29, 1.82) is 0 Å². The summed E-state index contributed by atoms with van der Waals surface area (Å²) in [6, 6.07) is 24.9. The van der Waals surface area contributed by atoms with Crippen molar-refractivity contribution >= 4 is 22.7 Å². The third-order valence-electron chi connectivity index (χ3n) is 3.90. The molecule has 122 valence electrons. The first-order chi connectivity index (χ1) is 12.3. The summed E-state index contributed by atoms with van der Waals surface area (Å²) < 4.78 is 5.83. The molecule has 0 fully saturated rings. The quantitative estimate of drug-likeness (QED) is 0.592. The number of oxazole rings is 1. The Morgan fingerprint density at radius 1 is 0.920 bits per heavy atom. The van der Waals surface area contributed by atoms with E-state index in [0.29, 0.717) is 23.6 Å². The minimum atomic E-state index is -0.0617. The first-order valence-electron chi connectivity index (χ1n) is 8.08. The van der Waals surface area contributed by atoms with Gasteiger partial charge in [-0.1, -0.05) is 48.5 Å². The standard InChI is InChI=1S/C21H16N2O2/c24-20(13-15-7-3-1-4-8-15)22-17-11-12-18-19(14-17)25-21(23-18)16-9-5-2-6-10-16/h1-12,14H,13H2,(H,22,24). The van der Waals surface area contributed by atoms with Gasteiger partial charge in [-0.15, -0.1) is 0 Å². The Kier molecular flexibility index (Phi) is 4.01. The number of carbonyl (C=O) groups excluding carboxylic acids is 1. The second-order valence-corrected chi connectivity index (χ2v) is 5.78. The van der Waals surface area contributed by atoms with Crippen LogP contribution in [0.3, 0.4) is 0 Å². The summed E-state index contributed by atoms with van der Waals surface area (Å²) in [5, 5.41) is 2.90. The number of aromatic nitrogens is 1. The van der Waals surface area contributed by atoms with Gasteiger partial charge in [-0.25, -0.2) is 4.98 Å². The van der Waals surface area contributed by atoms with E-state index in [0.717, 1.165) is 16.6 Å². The van der Waals surface area contributed by atoms with Gasteiger partial charge in [-0.2, -0.15) is 0 Å². The van der Waals surface area contributed by atoms with Crippen molar-refractivity contribution in [3.8, 4) is 11.5 Å². The fraction of sp³-hybridized carbons (Fsp3) is 0.0476. The summed E-state index contributed by atoms with van der Waals surface area (Å²) in [4.78, 5) is 16.7. The molecule has 4 heteroatoms. The minimum absolute atomic E-state index is 0.0617. The molecule has 1 amide bonds. The van der Waals surface area contributed by atoms with Crippen LogP contribution in [0, 0.1) is 0 Å². The Morgan fingerprint density at radius 3 is 2.40 bits per heavy atom. The molecule has 25 heavy (non-hydrogen) atoms. The van der Waals surface area contributed by atoms with Crippen molar-refractivity contribution in [2.24, 2.45) is 0 Å². The summed E-state index contributed by atoms with van der Waals surface area (Å²) in [5.74, 6) is 0.511. The maximum absolute atomic E-state index is 12.2. The SMILES string of the molecule is O=C(Cc1ccccc1)Nc1ccc2nc(-c3ccccc3)oc2c1. The van der Waals surface area contributed by atoms with Crippen LogP contribution in [0.25, 0.3) is 22.6 Å². The fourth-order valence-corrected chi connectivity index (χ4v) is 2.69. The number of carbonyl (C=O) groups is 1. The maximum Gasteiger partial charge on any atom is 0.228 e. The Bertz CT molecular complexity index is 1010. The van der Waals surface area contributed by atoms with Gasteiger partial charge in [0, 0.05) is 17.3 Å². The molecule has 0 aliphatic heterocycles. The molecule has 0 spiro atoms. The summed E-state index contributed by atoms with van der Waals surface area (Å²) in [5.41, 5.74) is 4.01. The van der Waals surface area contributed by atoms with Crippen molar-refractivity contribution in [1.82, 2.24) is 4.98 Å². The van der Waals surface area contributed by atoms with E-state index in [2.05, 4.69) is 10.3 Å². The number of nitrogens with one attached hydrogen (secondary N) is 1. The lowest BCUT2D eigenvalue weighted by Crippen LogP contribution is -2.14. The molecule has 1 N–H and O–H groups in total. The predicted molar refractivity (Wildman–Crippen MR) is 98.2 cm³/mol. The number of hydrogen-bond acceptors (Lipinski definition) is 3. The fourth-order valence-electron chi connectivity index (χ4n) is 2.69. The lowest BCUT2D eigenvalue weighted by atomic mass is 10.1. The molecular formula is C21H16N2O2. The summed E-state index contributed by atoms with van der Waals surface area (Å²) in [7, 11) is 0. The van der Waals surface area contributed by atoms with Gasteiger partial charge in [0.1, 0.15) is 5.52 Å². The van der Waals surface area contributed by atoms with Gasteiger partial charge in [0.2, 0.25) is 11.8 Å². The molecule has 4 nitrogen and oxygen atoms in total. The zero-order chi connectivity index (χ0) is 17.1. The van der Waals surface area contributed by atoms with Crippen LogP contribution >= 0.6 is 0 Å². The van der Waals surface area contributed by atoms with Crippen molar-refractivity contribution in [2.45, 2.75) is 6.42 Å². The highest BCUT2D eigenvalue weighted by Gasteiger charge is 2.10. The molecule has 4 rings (SSSR count). The molecule has 4 aromatic rings. The van der Waals surface area contributed by atoms with E-state index >= 15 is 0 Å². The number of fused-ring (bicyclic) bond motifs is 1. The molecular weight excluding hydrogens is 312 g/mol. The average Bonchev–Trinajstić information content (AvgIpc) is 3.06. The molecule has 0 aliphatic carbocycles.